The topological polar surface area (TPSA) is 74.8 Å². The molecule has 0 spiro atoms. The van der Waals surface area contributed by atoms with Gasteiger partial charge in [-0.05, 0) is 56.7 Å². The Morgan fingerprint density at radius 2 is 1.89 bits per heavy atom. The number of likely N-dealkylation sites (N-methyl/N-ethyl adjacent to an activating group) is 1. The van der Waals surface area contributed by atoms with Crippen LogP contribution in [0.1, 0.15) is 59.9 Å². The van der Waals surface area contributed by atoms with E-state index in [9.17, 15) is 4.79 Å². The highest BCUT2D eigenvalue weighted by Crippen LogP contribution is 2.21. The molecule has 0 aliphatic heterocycles. The predicted molar refractivity (Wildman–Crippen MR) is 117 cm³/mol. The van der Waals surface area contributed by atoms with Gasteiger partial charge in [0.1, 0.15) is 5.75 Å². The maximum absolute atomic E-state index is 11.5. The molecule has 3 N–H and O–H groups in total. The van der Waals surface area contributed by atoms with Crippen LogP contribution in [0.5, 0.6) is 5.75 Å². The van der Waals surface area contributed by atoms with Crippen LogP contribution in [0.3, 0.4) is 0 Å². The van der Waals surface area contributed by atoms with Gasteiger partial charge < -0.3 is 20.7 Å². The van der Waals surface area contributed by atoms with Crippen LogP contribution in [0.2, 0.25) is 0 Å². The SMILES string of the molecule is CCNC(=O)COc1cccc(CN=C(NCC)NC(C)CCC(C)(C)C)c1. The number of nitrogens with zero attached hydrogens (tertiary/aromatic N) is 1. The summed E-state index contributed by atoms with van der Waals surface area (Å²) in [5, 5.41) is 9.51. The molecule has 28 heavy (non-hydrogen) atoms. The highest BCUT2D eigenvalue weighted by atomic mass is 16.5. The van der Waals surface area contributed by atoms with E-state index in [1.165, 1.54) is 0 Å². The lowest BCUT2D eigenvalue weighted by Gasteiger charge is -2.23. The standard InChI is InChI=1S/C22H38N4O2/c1-7-23-20(27)16-28-19-11-9-10-18(14-19)15-25-21(24-8-2)26-17(3)12-13-22(4,5)6/h9-11,14,17H,7-8,12-13,15-16H2,1-6H3,(H,23,27)(H2,24,25,26). The molecule has 1 rings (SSSR count). The van der Waals surface area contributed by atoms with Gasteiger partial charge in [0.05, 0.1) is 6.54 Å². The summed E-state index contributed by atoms with van der Waals surface area (Å²) in [7, 11) is 0. The molecule has 0 saturated carbocycles. The molecule has 1 amide bonds. The van der Waals surface area contributed by atoms with Crippen molar-refractivity contribution in [1.82, 2.24) is 16.0 Å². The van der Waals surface area contributed by atoms with Gasteiger partial charge in [0.15, 0.2) is 12.6 Å². The maximum atomic E-state index is 11.5. The quantitative estimate of drug-likeness (QED) is 0.422. The van der Waals surface area contributed by atoms with Crippen molar-refractivity contribution in [3.05, 3.63) is 29.8 Å². The first-order chi connectivity index (χ1) is 13.2. The zero-order chi connectivity index (χ0) is 21.0. The van der Waals surface area contributed by atoms with Crippen molar-refractivity contribution < 1.29 is 9.53 Å². The highest BCUT2D eigenvalue weighted by molar-refractivity contribution is 5.80. The normalized spacial score (nSPS) is 13.0. The summed E-state index contributed by atoms with van der Waals surface area (Å²) in [4.78, 5) is 16.2. The molecule has 0 aliphatic rings. The number of carbonyl (C=O) groups is 1. The Morgan fingerprint density at radius 1 is 1.18 bits per heavy atom. The molecule has 1 aromatic rings. The smallest absolute Gasteiger partial charge is 0.257 e. The van der Waals surface area contributed by atoms with E-state index in [2.05, 4.69) is 50.6 Å². The molecular formula is C22H38N4O2. The minimum Gasteiger partial charge on any atom is -0.484 e. The molecule has 158 valence electrons. The zero-order valence-electron chi connectivity index (χ0n) is 18.4. The van der Waals surface area contributed by atoms with Gasteiger partial charge in [0.2, 0.25) is 0 Å². The van der Waals surface area contributed by atoms with E-state index < -0.39 is 0 Å². The summed E-state index contributed by atoms with van der Waals surface area (Å²) in [5.74, 6) is 1.38. The number of guanidine groups is 1. The minimum absolute atomic E-state index is 0.0239. The van der Waals surface area contributed by atoms with Gasteiger partial charge in [-0.15, -0.1) is 0 Å². The van der Waals surface area contributed by atoms with Gasteiger partial charge in [-0.3, -0.25) is 4.79 Å². The molecule has 0 aromatic heterocycles. The minimum atomic E-state index is -0.117. The summed E-state index contributed by atoms with van der Waals surface area (Å²) in [6.45, 7) is 14.9. The van der Waals surface area contributed by atoms with Crippen molar-refractivity contribution >= 4 is 11.9 Å². The molecule has 0 aliphatic carbocycles. The number of rotatable bonds is 10. The van der Waals surface area contributed by atoms with E-state index in [0.29, 0.717) is 30.3 Å². The molecule has 0 saturated heterocycles. The van der Waals surface area contributed by atoms with Crippen molar-refractivity contribution in [3.8, 4) is 5.75 Å². The van der Waals surface area contributed by atoms with Gasteiger partial charge in [-0.1, -0.05) is 32.9 Å². The first-order valence-electron chi connectivity index (χ1n) is 10.3. The van der Waals surface area contributed by atoms with Crippen molar-refractivity contribution in [2.75, 3.05) is 19.7 Å². The number of benzene rings is 1. The van der Waals surface area contributed by atoms with E-state index in [-0.39, 0.29) is 12.5 Å². The van der Waals surface area contributed by atoms with Gasteiger partial charge in [0, 0.05) is 19.1 Å². The van der Waals surface area contributed by atoms with E-state index in [4.69, 9.17) is 9.73 Å². The average molecular weight is 391 g/mol. The molecule has 1 unspecified atom stereocenters. The Balaban J connectivity index is 2.63. The maximum Gasteiger partial charge on any atom is 0.257 e. The van der Waals surface area contributed by atoms with Gasteiger partial charge in [-0.2, -0.15) is 0 Å². The summed E-state index contributed by atoms with van der Waals surface area (Å²) >= 11 is 0. The number of hydrogen-bond acceptors (Lipinski definition) is 3. The number of amides is 1. The predicted octanol–water partition coefficient (Wildman–Crippen LogP) is 3.47. The Hall–Kier alpha value is -2.24. The van der Waals surface area contributed by atoms with Crippen LogP contribution in [-0.2, 0) is 11.3 Å². The third kappa shape index (κ3) is 10.8. The Bertz CT molecular complexity index is 623. The number of ether oxygens (including phenoxy) is 1. The van der Waals surface area contributed by atoms with Crippen LogP contribution >= 0.6 is 0 Å². The number of carbonyl (C=O) groups excluding carboxylic acids is 1. The molecule has 0 fully saturated rings. The van der Waals surface area contributed by atoms with Crippen molar-refractivity contribution in [2.24, 2.45) is 10.4 Å². The Labute approximate surface area is 170 Å². The van der Waals surface area contributed by atoms with Crippen LogP contribution in [0.15, 0.2) is 29.3 Å². The zero-order valence-corrected chi connectivity index (χ0v) is 18.4. The summed E-state index contributed by atoms with van der Waals surface area (Å²) in [6.07, 6.45) is 2.25. The fourth-order valence-corrected chi connectivity index (χ4v) is 2.58. The number of hydrogen-bond donors (Lipinski definition) is 3. The van der Waals surface area contributed by atoms with Crippen molar-refractivity contribution in [1.29, 1.82) is 0 Å². The van der Waals surface area contributed by atoms with Gasteiger partial charge in [-0.25, -0.2) is 4.99 Å². The van der Waals surface area contributed by atoms with Crippen LogP contribution in [0, 0.1) is 5.41 Å². The second kappa shape index (κ2) is 12.3. The lowest BCUT2D eigenvalue weighted by Crippen LogP contribution is -2.42. The van der Waals surface area contributed by atoms with Crippen molar-refractivity contribution in [3.63, 3.8) is 0 Å². The fraction of sp³-hybridized carbons (Fsp3) is 0.636. The van der Waals surface area contributed by atoms with E-state index in [1.54, 1.807) is 0 Å². The van der Waals surface area contributed by atoms with Crippen LogP contribution < -0.4 is 20.7 Å². The lowest BCUT2D eigenvalue weighted by atomic mass is 9.89. The fourth-order valence-electron chi connectivity index (χ4n) is 2.58. The van der Waals surface area contributed by atoms with Crippen LogP contribution in [-0.4, -0.2) is 37.6 Å². The van der Waals surface area contributed by atoms with Crippen molar-refractivity contribution in [2.45, 2.75) is 67.0 Å². The molecule has 1 atom stereocenters. The molecule has 0 radical (unpaired) electrons. The Kier molecular flexibility index (Phi) is 10.4. The second-order valence-electron chi connectivity index (χ2n) is 8.23. The molecule has 0 heterocycles. The average Bonchev–Trinajstić information content (AvgIpc) is 2.63. The molecule has 0 bridgehead atoms. The highest BCUT2D eigenvalue weighted by Gasteiger charge is 2.13. The van der Waals surface area contributed by atoms with E-state index in [1.807, 2.05) is 31.2 Å². The lowest BCUT2D eigenvalue weighted by molar-refractivity contribution is -0.122. The van der Waals surface area contributed by atoms with E-state index in [0.717, 1.165) is 30.9 Å². The van der Waals surface area contributed by atoms with Gasteiger partial charge in [0.25, 0.3) is 5.91 Å². The summed E-state index contributed by atoms with van der Waals surface area (Å²) < 4.78 is 5.55. The number of nitrogens with one attached hydrogen (secondary N) is 3. The summed E-state index contributed by atoms with van der Waals surface area (Å²) in [5.41, 5.74) is 1.37. The number of aliphatic imine (C=N–C) groups is 1. The van der Waals surface area contributed by atoms with Gasteiger partial charge >= 0.3 is 0 Å². The Morgan fingerprint density at radius 3 is 2.54 bits per heavy atom. The molecular weight excluding hydrogens is 352 g/mol. The third-order valence-electron chi connectivity index (χ3n) is 4.12. The summed E-state index contributed by atoms with van der Waals surface area (Å²) in [6, 6.07) is 8.06. The molecule has 1 aromatic carbocycles. The monoisotopic (exact) mass is 390 g/mol. The largest absolute Gasteiger partial charge is 0.484 e. The molecule has 6 nitrogen and oxygen atoms in total. The first kappa shape index (κ1) is 23.8. The molecule has 6 heteroatoms. The van der Waals surface area contributed by atoms with Crippen LogP contribution in [0.25, 0.3) is 0 Å². The van der Waals surface area contributed by atoms with Crippen LogP contribution in [0.4, 0.5) is 0 Å². The third-order valence-corrected chi connectivity index (χ3v) is 4.12. The van der Waals surface area contributed by atoms with E-state index >= 15 is 0 Å². The first-order valence-corrected chi connectivity index (χ1v) is 10.3. The second-order valence-corrected chi connectivity index (χ2v) is 8.23.